The first-order valence-corrected chi connectivity index (χ1v) is 10.6. The lowest BCUT2D eigenvalue weighted by atomic mass is 9.93. The molecule has 0 aliphatic carbocycles. The van der Waals surface area contributed by atoms with Crippen molar-refractivity contribution in [2.24, 2.45) is 7.05 Å². The molecule has 0 spiro atoms. The molecule has 6 nitrogen and oxygen atoms in total. The van der Waals surface area contributed by atoms with Crippen molar-refractivity contribution in [1.82, 2.24) is 19.1 Å². The number of pyridine rings is 1. The van der Waals surface area contributed by atoms with Crippen molar-refractivity contribution in [3.63, 3.8) is 0 Å². The van der Waals surface area contributed by atoms with Crippen LogP contribution in [0.4, 0.5) is 0 Å². The van der Waals surface area contributed by atoms with Crippen molar-refractivity contribution in [1.29, 1.82) is 0 Å². The average Bonchev–Trinajstić information content (AvgIpc) is 3.21. The molecule has 132 valence electrons. The van der Waals surface area contributed by atoms with Crippen LogP contribution in [0.15, 0.2) is 34.8 Å². The van der Waals surface area contributed by atoms with Gasteiger partial charge in [-0.05, 0) is 42.5 Å². The first-order chi connectivity index (χ1) is 11.9. The van der Waals surface area contributed by atoms with E-state index in [0.29, 0.717) is 33.9 Å². The van der Waals surface area contributed by atoms with Crippen LogP contribution in [0, 0.1) is 0 Å². The lowest BCUT2D eigenvalue weighted by molar-refractivity contribution is 0.320. The van der Waals surface area contributed by atoms with E-state index >= 15 is 0 Å². The molecule has 1 saturated heterocycles. The van der Waals surface area contributed by atoms with E-state index in [-0.39, 0.29) is 0 Å². The summed E-state index contributed by atoms with van der Waals surface area (Å²) in [6.07, 6.45) is 5.49. The standard InChI is InChI=1S/C16H17ClN4O2S2/c1-20-10-12(9-18-20)11-4-6-21(7-5-11)25(22,23)16-8-13-14(24-16)2-3-15(17)19-13/h2-3,8-11H,4-7H2,1H3. The third-order valence-electron chi connectivity index (χ3n) is 4.56. The molecule has 3 aromatic heterocycles. The van der Waals surface area contributed by atoms with Crippen molar-refractivity contribution in [3.05, 3.63) is 41.3 Å². The Balaban J connectivity index is 1.54. The van der Waals surface area contributed by atoms with Crippen LogP contribution < -0.4 is 0 Å². The Morgan fingerprint density at radius 2 is 2.04 bits per heavy atom. The maximum atomic E-state index is 12.9. The van der Waals surface area contributed by atoms with Crippen LogP contribution in [0.3, 0.4) is 0 Å². The van der Waals surface area contributed by atoms with Crippen molar-refractivity contribution in [3.8, 4) is 0 Å². The van der Waals surface area contributed by atoms with Gasteiger partial charge in [0, 0.05) is 26.3 Å². The van der Waals surface area contributed by atoms with Crippen LogP contribution in [-0.2, 0) is 17.1 Å². The largest absolute Gasteiger partial charge is 0.276 e. The average molecular weight is 397 g/mol. The SMILES string of the molecule is Cn1cc(C2CCN(S(=O)(=O)c3cc4nc(Cl)ccc4s3)CC2)cn1. The molecule has 0 amide bonds. The van der Waals surface area contributed by atoms with Crippen LogP contribution in [0.2, 0.25) is 5.15 Å². The fourth-order valence-corrected chi connectivity index (χ4v) is 6.31. The Labute approximate surface area is 155 Å². The highest BCUT2D eigenvalue weighted by molar-refractivity contribution is 7.91. The third kappa shape index (κ3) is 3.19. The number of nitrogens with zero attached hydrogens (tertiary/aromatic N) is 4. The zero-order valence-corrected chi connectivity index (χ0v) is 16.0. The molecule has 3 aromatic rings. The maximum Gasteiger partial charge on any atom is 0.252 e. The normalized spacial score (nSPS) is 17.4. The van der Waals surface area contributed by atoms with E-state index in [0.717, 1.165) is 17.5 Å². The summed E-state index contributed by atoms with van der Waals surface area (Å²) in [7, 11) is -1.60. The molecule has 0 aromatic carbocycles. The van der Waals surface area contributed by atoms with Gasteiger partial charge in [0.05, 0.1) is 16.4 Å². The number of aromatic nitrogens is 3. The fraction of sp³-hybridized carbons (Fsp3) is 0.375. The number of sulfonamides is 1. The summed E-state index contributed by atoms with van der Waals surface area (Å²) in [5.41, 5.74) is 1.81. The Bertz CT molecular complexity index is 1020. The van der Waals surface area contributed by atoms with Crippen LogP contribution in [0.5, 0.6) is 0 Å². The van der Waals surface area contributed by atoms with Crippen molar-refractivity contribution in [2.75, 3.05) is 13.1 Å². The van der Waals surface area contributed by atoms with E-state index in [4.69, 9.17) is 11.6 Å². The van der Waals surface area contributed by atoms with E-state index in [1.165, 1.54) is 16.9 Å². The van der Waals surface area contributed by atoms with Gasteiger partial charge in [0.15, 0.2) is 0 Å². The van der Waals surface area contributed by atoms with Gasteiger partial charge < -0.3 is 0 Å². The van der Waals surface area contributed by atoms with Gasteiger partial charge in [0.2, 0.25) is 0 Å². The Morgan fingerprint density at radius 3 is 2.72 bits per heavy atom. The second kappa shape index (κ2) is 6.35. The van der Waals surface area contributed by atoms with Crippen LogP contribution >= 0.6 is 22.9 Å². The Morgan fingerprint density at radius 1 is 1.28 bits per heavy atom. The molecule has 9 heteroatoms. The number of fused-ring (bicyclic) bond motifs is 1. The van der Waals surface area contributed by atoms with Gasteiger partial charge in [-0.15, -0.1) is 11.3 Å². The number of rotatable bonds is 3. The summed E-state index contributed by atoms with van der Waals surface area (Å²) in [4.78, 5) is 4.19. The second-order valence-electron chi connectivity index (χ2n) is 6.21. The molecule has 1 aliphatic heterocycles. The second-order valence-corrected chi connectivity index (χ2v) is 9.84. The summed E-state index contributed by atoms with van der Waals surface area (Å²) in [6.45, 7) is 1.04. The number of thiophene rings is 1. The van der Waals surface area contributed by atoms with Gasteiger partial charge in [-0.1, -0.05) is 11.6 Å². The highest BCUT2D eigenvalue weighted by Gasteiger charge is 2.31. The summed E-state index contributed by atoms with van der Waals surface area (Å²) in [5, 5.41) is 4.57. The monoisotopic (exact) mass is 396 g/mol. The van der Waals surface area contributed by atoms with Gasteiger partial charge in [0.1, 0.15) is 9.36 Å². The first-order valence-electron chi connectivity index (χ1n) is 7.98. The molecule has 4 heterocycles. The number of piperidine rings is 1. The van der Waals surface area contributed by atoms with Crippen LogP contribution in [0.1, 0.15) is 24.3 Å². The predicted molar refractivity (Wildman–Crippen MR) is 98.6 cm³/mol. The molecule has 4 rings (SSSR count). The van der Waals surface area contributed by atoms with Gasteiger partial charge in [-0.3, -0.25) is 4.68 Å². The molecule has 0 atom stereocenters. The minimum atomic E-state index is -3.49. The van der Waals surface area contributed by atoms with E-state index in [1.807, 2.05) is 25.5 Å². The number of hydrogen-bond acceptors (Lipinski definition) is 5. The zero-order valence-electron chi connectivity index (χ0n) is 13.6. The molecule has 25 heavy (non-hydrogen) atoms. The highest BCUT2D eigenvalue weighted by Crippen LogP contribution is 2.34. The van der Waals surface area contributed by atoms with E-state index in [9.17, 15) is 8.42 Å². The molecule has 0 unspecified atom stereocenters. The molecule has 0 bridgehead atoms. The fourth-order valence-electron chi connectivity index (χ4n) is 3.21. The zero-order chi connectivity index (χ0) is 17.6. The molecular formula is C16H17ClN4O2S2. The van der Waals surface area contributed by atoms with Crippen molar-refractivity contribution < 1.29 is 8.42 Å². The minimum absolute atomic E-state index is 0.331. The summed E-state index contributed by atoms with van der Waals surface area (Å²) < 4.78 is 30.4. The van der Waals surface area contributed by atoms with Gasteiger partial charge in [0.25, 0.3) is 10.0 Å². The lowest BCUT2D eigenvalue weighted by Crippen LogP contribution is -2.37. The number of hydrogen-bond donors (Lipinski definition) is 0. The predicted octanol–water partition coefficient (Wildman–Crippen LogP) is 3.25. The summed E-state index contributed by atoms with van der Waals surface area (Å²) in [5.74, 6) is 0.364. The molecule has 0 saturated carbocycles. The topological polar surface area (TPSA) is 68.1 Å². The Hall–Kier alpha value is -1.48. The first kappa shape index (κ1) is 17.0. The third-order valence-corrected chi connectivity index (χ3v) is 8.21. The Kier molecular flexibility index (Phi) is 4.31. The van der Waals surface area contributed by atoms with Crippen LogP contribution in [0.25, 0.3) is 10.2 Å². The molecule has 1 aliphatic rings. The lowest BCUT2D eigenvalue weighted by Gasteiger charge is -2.30. The number of halogens is 1. The highest BCUT2D eigenvalue weighted by atomic mass is 35.5. The molecule has 1 fully saturated rings. The van der Waals surface area contributed by atoms with Gasteiger partial charge >= 0.3 is 0 Å². The van der Waals surface area contributed by atoms with E-state index in [2.05, 4.69) is 10.1 Å². The smallest absolute Gasteiger partial charge is 0.252 e. The quantitative estimate of drug-likeness (QED) is 0.637. The van der Waals surface area contributed by atoms with Gasteiger partial charge in [-0.25, -0.2) is 13.4 Å². The molecule has 0 N–H and O–H groups in total. The van der Waals surface area contributed by atoms with Crippen molar-refractivity contribution in [2.45, 2.75) is 23.0 Å². The van der Waals surface area contributed by atoms with E-state index < -0.39 is 10.0 Å². The summed E-state index contributed by atoms with van der Waals surface area (Å²) in [6, 6.07) is 5.10. The van der Waals surface area contributed by atoms with Crippen molar-refractivity contribution >= 4 is 43.2 Å². The van der Waals surface area contributed by atoms with E-state index in [1.54, 1.807) is 21.1 Å². The molecule has 0 radical (unpaired) electrons. The number of aryl methyl sites for hydroxylation is 1. The summed E-state index contributed by atoms with van der Waals surface area (Å²) >= 11 is 7.14. The molecular weight excluding hydrogens is 380 g/mol. The maximum absolute atomic E-state index is 12.9. The van der Waals surface area contributed by atoms with Gasteiger partial charge in [-0.2, -0.15) is 9.40 Å². The van der Waals surface area contributed by atoms with Crippen LogP contribution in [-0.4, -0.2) is 40.6 Å². The minimum Gasteiger partial charge on any atom is -0.276 e.